The van der Waals surface area contributed by atoms with Crippen LogP contribution >= 0.6 is 11.6 Å². The molecule has 0 aliphatic heterocycles. The van der Waals surface area contributed by atoms with Crippen LogP contribution in [0.4, 0.5) is 16.3 Å². The Morgan fingerprint density at radius 2 is 1.86 bits per heavy atom. The molecule has 0 spiro atoms. The van der Waals surface area contributed by atoms with Gasteiger partial charge in [-0.15, -0.1) is 0 Å². The van der Waals surface area contributed by atoms with Crippen molar-refractivity contribution >= 4 is 29.1 Å². The molecular weight excluding hydrogens is 378 g/mol. The van der Waals surface area contributed by atoms with Gasteiger partial charge in [-0.2, -0.15) is 5.10 Å². The zero-order valence-corrected chi connectivity index (χ0v) is 16.6. The van der Waals surface area contributed by atoms with Crippen molar-refractivity contribution in [1.29, 1.82) is 0 Å². The van der Waals surface area contributed by atoms with Crippen LogP contribution in [0, 0.1) is 0 Å². The van der Waals surface area contributed by atoms with Crippen LogP contribution in [0.5, 0.6) is 5.75 Å². The van der Waals surface area contributed by atoms with Crippen LogP contribution < -0.4 is 21.1 Å². The fraction of sp³-hybridized carbons (Fsp3) is 0.200. The molecule has 7 nitrogen and oxygen atoms in total. The van der Waals surface area contributed by atoms with Gasteiger partial charge >= 0.3 is 6.03 Å². The highest BCUT2D eigenvalue weighted by Crippen LogP contribution is 2.36. The lowest BCUT2D eigenvalue weighted by Crippen LogP contribution is -2.34. The Bertz CT molecular complexity index is 983. The minimum absolute atomic E-state index is 0.0238. The van der Waals surface area contributed by atoms with E-state index in [4.69, 9.17) is 22.1 Å². The van der Waals surface area contributed by atoms with Crippen LogP contribution in [-0.2, 0) is 0 Å². The third-order valence-electron chi connectivity index (χ3n) is 4.02. The van der Waals surface area contributed by atoms with Gasteiger partial charge in [-0.3, -0.25) is 0 Å². The quantitative estimate of drug-likeness (QED) is 0.595. The van der Waals surface area contributed by atoms with Gasteiger partial charge in [0.15, 0.2) is 5.82 Å². The summed E-state index contributed by atoms with van der Waals surface area (Å²) in [6.07, 6.45) is 0. The molecule has 3 rings (SSSR count). The highest BCUT2D eigenvalue weighted by Gasteiger charge is 2.21. The van der Waals surface area contributed by atoms with Crippen LogP contribution in [0.15, 0.2) is 48.5 Å². The number of para-hydroxylation sites is 1. The number of nitrogens with two attached hydrogens (primary N) is 1. The summed E-state index contributed by atoms with van der Waals surface area (Å²) in [6, 6.07) is 14.2. The number of nitrogen functional groups attached to an aromatic ring is 1. The largest absolute Gasteiger partial charge is 0.497 e. The number of carbonyl (C=O) groups excluding carboxylic acids is 1. The highest BCUT2D eigenvalue weighted by molar-refractivity contribution is 6.32. The summed E-state index contributed by atoms with van der Waals surface area (Å²) in [5, 5.41) is 10.7. The molecule has 0 saturated carbocycles. The third kappa shape index (κ3) is 4.04. The first kappa shape index (κ1) is 19.6. The van der Waals surface area contributed by atoms with E-state index in [-0.39, 0.29) is 17.9 Å². The molecule has 28 heavy (non-hydrogen) atoms. The molecule has 146 valence electrons. The van der Waals surface area contributed by atoms with Crippen molar-refractivity contribution in [2.24, 2.45) is 0 Å². The maximum absolute atomic E-state index is 12.3. The topological polar surface area (TPSA) is 94.2 Å². The Kier molecular flexibility index (Phi) is 5.75. The number of hydrogen-bond acceptors (Lipinski definition) is 4. The Morgan fingerprint density at radius 3 is 2.46 bits per heavy atom. The van der Waals surface area contributed by atoms with Gasteiger partial charge in [-0.1, -0.05) is 23.7 Å². The van der Waals surface area contributed by atoms with Crippen molar-refractivity contribution < 1.29 is 9.53 Å². The molecule has 0 atom stereocenters. The summed E-state index contributed by atoms with van der Waals surface area (Å²) >= 11 is 6.32. The molecule has 2 amide bonds. The maximum atomic E-state index is 12.3. The van der Waals surface area contributed by atoms with Crippen LogP contribution in [-0.4, -0.2) is 29.0 Å². The third-order valence-corrected chi connectivity index (χ3v) is 4.34. The van der Waals surface area contributed by atoms with Gasteiger partial charge in [0.2, 0.25) is 0 Å². The summed E-state index contributed by atoms with van der Waals surface area (Å²) in [7, 11) is 1.60. The Balaban J connectivity index is 2.11. The van der Waals surface area contributed by atoms with Gasteiger partial charge in [0.05, 0.1) is 17.8 Å². The lowest BCUT2D eigenvalue weighted by atomic mass is 10.1. The number of amides is 2. The number of ether oxygens (including phenoxy) is 1. The monoisotopic (exact) mass is 399 g/mol. The van der Waals surface area contributed by atoms with Crippen molar-refractivity contribution in [3.63, 3.8) is 0 Å². The second kappa shape index (κ2) is 8.22. The lowest BCUT2D eigenvalue weighted by Gasteiger charge is -2.11. The molecule has 0 saturated heterocycles. The zero-order chi connectivity index (χ0) is 20.3. The average molecular weight is 400 g/mol. The normalized spacial score (nSPS) is 10.8. The number of rotatable bonds is 5. The van der Waals surface area contributed by atoms with Crippen LogP contribution in [0.2, 0.25) is 5.02 Å². The molecule has 0 bridgehead atoms. The van der Waals surface area contributed by atoms with E-state index in [0.29, 0.717) is 27.8 Å². The van der Waals surface area contributed by atoms with E-state index >= 15 is 0 Å². The molecule has 8 heteroatoms. The van der Waals surface area contributed by atoms with E-state index in [9.17, 15) is 4.79 Å². The summed E-state index contributed by atoms with van der Waals surface area (Å²) in [5.41, 5.74) is 8.68. The highest BCUT2D eigenvalue weighted by atomic mass is 35.5. The first-order valence-electron chi connectivity index (χ1n) is 8.76. The number of anilines is 2. The number of halogens is 1. The number of methoxy groups -OCH3 is 1. The van der Waals surface area contributed by atoms with Crippen molar-refractivity contribution in [1.82, 2.24) is 15.1 Å². The fourth-order valence-corrected chi connectivity index (χ4v) is 2.94. The number of hydrogen-bond donors (Lipinski definition) is 3. The van der Waals surface area contributed by atoms with E-state index in [2.05, 4.69) is 15.7 Å². The molecule has 4 N–H and O–H groups in total. The number of nitrogens with one attached hydrogen (secondary N) is 2. The Labute approximate surface area is 168 Å². The van der Waals surface area contributed by atoms with E-state index in [1.54, 1.807) is 13.2 Å². The molecule has 3 aromatic rings. The maximum Gasteiger partial charge on any atom is 0.319 e. The second-order valence-corrected chi connectivity index (χ2v) is 6.86. The number of carbonyl (C=O) groups is 1. The van der Waals surface area contributed by atoms with Gasteiger partial charge in [0.25, 0.3) is 0 Å². The first-order valence-corrected chi connectivity index (χ1v) is 9.14. The van der Waals surface area contributed by atoms with E-state index < -0.39 is 0 Å². The SMILES string of the molecule is COc1ccc(-c2nn(-c3ccccc3Cl)c(N)c2NC(=O)NC(C)C)cc1. The smallest absolute Gasteiger partial charge is 0.319 e. The predicted octanol–water partition coefficient (Wildman–Crippen LogP) is 4.31. The second-order valence-electron chi connectivity index (χ2n) is 6.45. The fourth-order valence-electron chi connectivity index (χ4n) is 2.72. The van der Waals surface area contributed by atoms with Gasteiger partial charge in [-0.25, -0.2) is 9.48 Å². The van der Waals surface area contributed by atoms with Crippen LogP contribution in [0.3, 0.4) is 0 Å². The molecule has 2 aromatic carbocycles. The zero-order valence-electron chi connectivity index (χ0n) is 15.9. The van der Waals surface area contributed by atoms with Gasteiger partial charge in [-0.05, 0) is 50.2 Å². The van der Waals surface area contributed by atoms with Gasteiger partial charge < -0.3 is 21.1 Å². The minimum Gasteiger partial charge on any atom is -0.497 e. The average Bonchev–Trinajstić information content (AvgIpc) is 2.98. The molecule has 0 aliphatic carbocycles. The van der Waals surface area contributed by atoms with Crippen molar-refractivity contribution in [3.05, 3.63) is 53.6 Å². The Morgan fingerprint density at radius 1 is 1.18 bits per heavy atom. The lowest BCUT2D eigenvalue weighted by molar-refractivity contribution is 0.250. The van der Waals surface area contributed by atoms with Crippen molar-refractivity contribution in [2.75, 3.05) is 18.2 Å². The van der Waals surface area contributed by atoms with E-state index in [1.807, 2.05) is 56.3 Å². The molecule has 0 radical (unpaired) electrons. The molecule has 0 aliphatic rings. The summed E-state index contributed by atoms with van der Waals surface area (Å²) in [4.78, 5) is 12.3. The number of nitrogens with zero attached hydrogens (tertiary/aromatic N) is 2. The van der Waals surface area contributed by atoms with Crippen LogP contribution in [0.25, 0.3) is 16.9 Å². The summed E-state index contributed by atoms with van der Waals surface area (Å²) in [5.74, 6) is 0.993. The van der Waals surface area contributed by atoms with E-state index in [0.717, 1.165) is 5.56 Å². The van der Waals surface area contributed by atoms with Crippen molar-refractivity contribution in [3.8, 4) is 22.7 Å². The number of urea groups is 1. The Hall–Kier alpha value is -3.19. The van der Waals surface area contributed by atoms with Gasteiger partial charge in [0, 0.05) is 11.6 Å². The molecular formula is C20H22ClN5O2. The summed E-state index contributed by atoms with van der Waals surface area (Å²) in [6.45, 7) is 3.75. The number of benzene rings is 2. The standard InChI is InChI=1S/C20H22ClN5O2/c1-12(2)23-20(27)24-18-17(13-8-10-14(28-3)11-9-13)25-26(19(18)22)16-7-5-4-6-15(16)21/h4-12H,22H2,1-3H3,(H2,23,24,27). The van der Waals surface area contributed by atoms with E-state index in [1.165, 1.54) is 4.68 Å². The molecule has 1 heterocycles. The minimum atomic E-state index is -0.366. The summed E-state index contributed by atoms with van der Waals surface area (Å²) < 4.78 is 6.73. The molecule has 1 aromatic heterocycles. The van der Waals surface area contributed by atoms with Gasteiger partial charge in [0.1, 0.15) is 17.1 Å². The molecule has 0 fully saturated rings. The number of aromatic nitrogens is 2. The van der Waals surface area contributed by atoms with Crippen LogP contribution in [0.1, 0.15) is 13.8 Å². The first-order chi connectivity index (χ1) is 13.4. The van der Waals surface area contributed by atoms with Crippen molar-refractivity contribution in [2.45, 2.75) is 19.9 Å². The predicted molar refractivity (Wildman–Crippen MR) is 112 cm³/mol. The molecule has 0 unspecified atom stereocenters.